The zero-order chi connectivity index (χ0) is 15.6. The molecule has 0 spiro atoms. The molecule has 21 heavy (non-hydrogen) atoms. The van der Waals surface area contributed by atoms with Gasteiger partial charge in [0.15, 0.2) is 0 Å². The highest BCUT2D eigenvalue weighted by atomic mass is 15.3. The third-order valence-corrected chi connectivity index (χ3v) is 4.88. The van der Waals surface area contributed by atoms with Crippen molar-refractivity contribution in [3.05, 3.63) is 35.4 Å². The van der Waals surface area contributed by atoms with Crippen LogP contribution in [-0.2, 0) is 0 Å². The fourth-order valence-corrected chi connectivity index (χ4v) is 3.01. The third kappa shape index (κ3) is 4.06. The van der Waals surface area contributed by atoms with Crippen LogP contribution in [0.3, 0.4) is 0 Å². The Morgan fingerprint density at radius 2 is 1.67 bits per heavy atom. The third-order valence-electron chi connectivity index (χ3n) is 4.88. The van der Waals surface area contributed by atoms with Crippen molar-refractivity contribution in [1.29, 1.82) is 0 Å². The molecule has 0 amide bonds. The average Bonchev–Trinajstić information content (AvgIpc) is 2.42. The van der Waals surface area contributed by atoms with Crippen LogP contribution < -0.4 is 5.73 Å². The van der Waals surface area contributed by atoms with Gasteiger partial charge in [-0.1, -0.05) is 38.1 Å². The van der Waals surface area contributed by atoms with Crippen molar-refractivity contribution in [2.45, 2.75) is 45.2 Å². The molecule has 1 aliphatic heterocycles. The molecule has 1 aliphatic rings. The summed E-state index contributed by atoms with van der Waals surface area (Å²) in [6, 6.07) is 8.93. The van der Waals surface area contributed by atoms with Gasteiger partial charge in [0.25, 0.3) is 0 Å². The van der Waals surface area contributed by atoms with Crippen LogP contribution in [0, 0.1) is 0 Å². The van der Waals surface area contributed by atoms with E-state index < -0.39 is 0 Å². The molecule has 1 fully saturated rings. The van der Waals surface area contributed by atoms with Gasteiger partial charge in [-0.2, -0.15) is 0 Å². The first-order chi connectivity index (χ1) is 9.79. The predicted molar refractivity (Wildman–Crippen MR) is 90.6 cm³/mol. The zero-order valence-corrected chi connectivity index (χ0v) is 14.3. The highest BCUT2D eigenvalue weighted by Crippen LogP contribution is 2.22. The molecule has 0 radical (unpaired) electrons. The SMILES string of the molecule is CC(C)c1ccc(C(N)CN2CCN(C)C(C)(C)C2)cc1. The van der Waals surface area contributed by atoms with Crippen molar-refractivity contribution in [3.63, 3.8) is 0 Å². The van der Waals surface area contributed by atoms with Gasteiger partial charge in [-0.3, -0.25) is 9.80 Å². The van der Waals surface area contributed by atoms with Gasteiger partial charge in [0, 0.05) is 37.8 Å². The van der Waals surface area contributed by atoms with Crippen LogP contribution in [0.5, 0.6) is 0 Å². The Labute approximate surface area is 130 Å². The van der Waals surface area contributed by atoms with E-state index in [-0.39, 0.29) is 11.6 Å². The Morgan fingerprint density at radius 1 is 1.10 bits per heavy atom. The summed E-state index contributed by atoms with van der Waals surface area (Å²) in [4.78, 5) is 4.94. The smallest absolute Gasteiger partial charge is 0.0424 e. The maximum atomic E-state index is 6.42. The standard InChI is InChI=1S/C18H31N3/c1-14(2)15-6-8-16(9-7-15)17(19)12-21-11-10-20(5)18(3,4)13-21/h6-9,14,17H,10-13,19H2,1-5H3. The molecule has 0 aromatic heterocycles. The molecule has 1 saturated heterocycles. The molecule has 2 N–H and O–H groups in total. The second-order valence-electron chi connectivity index (χ2n) is 7.40. The van der Waals surface area contributed by atoms with E-state index in [0.717, 1.165) is 26.2 Å². The number of benzene rings is 1. The minimum atomic E-state index is 0.102. The normalized spacial score (nSPS) is 21.7. The van der Waals surface area contributed by atoms with Crippen molar-refractivity contribution < 1.29 is 0 Å². The number of rotatable bonds is 4. The molecular weight excluding hydrogens is 258 g/mol. The van der Waals surface area contributed by atoms with Gasteiger partial charge in [-0.15, -0.1) is 0 Å². The van der Waals surface area contributed by atoms with Crippen LogP contribution >= 0.6 is 0 Å². The van der Waals surface area contributed by atoms with E-state index in [9.17, 15) is 0 Å². The fraction of sp³-hybridized carbons (Fsp3) is 0.667. The fourth-order valence-electron chi connectivity index (χ4n) is 3.01. The number of nitrogens with two attached hydrogens (primary N) is 1. The molecule has 2 rings (SSSR count). The maximum Gasteiger partial charge on any atom is 0.0424 e. The summed E-state index contributed by atoms with van der Waals surface area (Å²) in [7, 11) is 2.21. The second-order valence-corrected chi connectivity index (χ2v) is 7.40. The van der Waals surface area contributed by atoms with E-state index in [0.29, 0.717) is 5.92 Å². The van der Waals surface area contributed by atoms with E-state index in [2.05, 4.69) is 68.8 Å². The minimum absolute atomic E-state index is 0.102. The number of nitrogens with zero attached hydrogens (tertiary/aromatic N) is 2. The molecule has 1 heterocycles. The Morgan fingerprint density at radius 3 is 2.19 bits per heavy atom. The molecule has 0 aliphatic carbocycles. The molecule has 1 unspecified atom stereocenters. The number of likely N-dealkylation sites (N-methyl/N-ethyl adjacent to an activating group) is 1. The summed E-state index contributed by atoms with van der Waals surface area (Å²) in [6.07, 6.45) is 0. The van der Waals surface area contributed by atoms with Crippen LogP contribution in [0.25, 0.3) is 0 Å². The molecular formula is C18H31N3. The van der Waals surface area contributed by atoms with Crippen LogP contribution in [0.1, 0.15) is 50.8 Å². The van der Waals surface area contributed by atoms with Gasteiger partial charge in [0.2, 0.25) is 0 Å². The van der Waals surface area contributed by atoms with Gasteiger partial charge in [0.05, 0.1) is 0 Å². The monoisotopic (exact) mass is 289 g/mol. The summed E-state index contributed by atoms with van der Waals surface area (Å²) in [5.41, 5.74) is 9.28. The summed E-state index contributed by atoms with van der Waals surface area (Å²) < 4.78 is 0. The molecule has 3 heteroatoms. The second kappa shape index (κ2) is 6.47. The summed E-state index contributed by atoms with van der Waals surface area (Å²) in [5.74, 6) is 0.578. The molecule has 1 aromatic carbocycles. The first kappa shape index (κ1) is 16.5. The molecule has 118 valence electrons. The Bertz CT molecular complexity index is 450. The van der Waals surface area contributed by atoms with E-state index in [1.54, 1.807) is 0 Å². The highest BCUT2D eigenvalue weighted by Gasteiger charge is 2.31. The van der Waals surface area contributed by atoms with Crippen LogP contribution in [-0.4, -0.2) is 48.6 Å². The molecule has 3 nitrogen and oxygen atoms in total. The van der Waals surface area contributed by atoms with E-state index in [1.807, 2.05) is 0 Å². The predicted octanol–water partition coefficient (Wildman–Crippen LogP) is 2.84. The molecule has 0 saturated carbocycles. The average molecular weight is 289 g/mol. The number of hydrogen-bond donors (Lipinski definition) is 1. The summed E-state index contributed by atoms with van der Waals surface area (Å²) in [5, 5.41) is 0. The molecule has 0 bridgehead atoms. The Kier molecular flexibility index (Phi) is 5.07. The van der Waals surface area contributed by atoms with Gasteiger partial charge in [-0.25, -0.2) is 0 Å². The van der Waals surface area contributed by atoms with Crippen LogP contribution in [0.2, 0.25) is 0 Å². The zero-order valence-electron chi connectivity index (χ0n) is 14.3. The first-order valence-corrected chi connectivity index (χ1v) is 8.08. The van der Waals surface area contributed by atoms with Gasteiger partial charge in [0.1, 0.15) is 0 Å². The van der Waals surface area contributed by atoms with Crippen molar-refractivity contribution in [1.82, 2.24) is 9.80 Å². The van der Waals surface area contributed by atoms with Gasteiger partial charge >= 0.3 is 0 Å². The van der Waals surface area contributed by atoms with E-state index in [1.165, 1.54) is 11.1 Å². The lowest BCUT2D eigenvalue weighted by molar-refractivity contribution is 0.0372. The quantitative estimate of drug-likeness (QED) is 0.925. The number of piperazine rings is 1. The van der Waals surface area contributed by atoms with Gasteiger partial charge < -0.3 is 5.73 Å². The van der Waals surface area contributed by atoms with Gasteiger partial charge in [-0.05, 0) is 37.9 Å². The molecule has 1 aromatic rings. The topological polar surface area (TPSA) is 32.5 Å². The van der Waals surface area contributed by atoms with E-state index >= 15 is 0 Å². The largest absolute Gasteiger partial charge is 0.323 e. The lowest BCUT2D eigenvalue weighted by atomic mass is 9.97. The summed E-state index contributed by atoms with van der Waals surface area (Å²) >= 11 is 0. The van der Waals surface area contributed by atoms with Crippen molar-refractivity contribution >= 4 is 0 Å². The Balaban J connectivity index is 1.96. The minimum Gasteiger partial charge on any atom is -0.323 e. The lowest BCUT2D eigenvalue weighted by Crippen LogP contribution is -2.58. The summed E-state index contributed by atoms with van der Waals surface area (Å²) in [6.45, 7) is 13.3. The Hall–Kier alpha value is -0.900. The lowest BCUT2D eigenvalue weighted by Gasteiger charge is -2.46. The van der Waals surface area contributed by atoms with Crippen LogP contribution in [0.15, 0.2) is 24.3 Å². The van der Waals surface area contributed by atoms with Crippen molar-refractivity contribution in [3.8, 4) is 0 Å². The maximum absolute atomic E-state index is 6.42. The highest BCUT2D eigenvalue weighted by molar-refractivity contribution is 5.26. The first-order valence-electron chi connectivity index (χ1n) is 8.08. The van der Waals surface area contributed by atoms with Crippen LogP contribution in [0.4, 0.5) is 0 Å². The van der Waals surface area contributed by atoms with E-state index in [4.69, 9.17) is 5.73 Å². The van der Waals surface area contributed by atoms with Crippen molar-refractivity contribution in [2.24, 2.45) is 5.73 Å². The van der Waals surface area contributed by atoms with Crippen molar-refractivity contribution in [2.75, 3.05) is 33.2 Å². The molecule has 1 atom stereocenters. The number of hydrogen-bond acceptors (Lipinski definition) is 3.